The first kappa shape index (κ1) is 18.7. The average molecular weight is 367 g/mol. The topological polar surface area (TPSA) is 85.0 Å². The maximum Gasteiger partial charge on any atom is 0.319 e. The normalized spacial score (nSPS) is 10.8. The highest BCUT2D eigenvalue weighted by Crippen LogP contribution is 2.12. The van der Waals surface area contributed by atoms with Crippen molar-refractivity contribution in [1.29, 1.82) is 0 Å². The van der Waals surface area contributed by atoms with Gasteiger partial charge in [-0.2, -0.15) is 5.10 Å². The van der Waals surface area contributed by atoms with E-state index < -0.39 is 0 Å². The molecule has 0 aliphatic heterocycles. The van der Waals surface area contributed by atoms with E-state index in [1.54, 1.807) is 0 Å². The zero-order valence-electron chi connectivity index (χ0n) is 16.0. The number of carbonyl (C=O) groups is 1. The molecule has 142 valence electrons. The van der Waals surface area contributed by atoms with Gasteiger partial charge in [-0.1, -0.05) is 30.6 Å². The van der Waals surface area contributed by atoms with E-state index in [0.717, 1.165) is 41.2 Å². The molecule has 0 fully saturated rings. The van der Waals surface area contributed by atoms with E-state index in [9.17, 15) is 4.79 Å². The van der Waals surface area contributed by atoms with Crippen LogP contribution in [0.5, 0.6) is 0 Å². The Morgan fingerprint density at radius 3 is 2.63 bits per heavy atom. The Morgan fingerprint density at radius 1 is 1.19 bits per heavy atom. The number of hydrogen-bond donors (Lipinski definition) is 2. The largest absolute Gasteiger partial charge is 0.359 e. The lowest BCUT2D eigenvalue weighted by molar-refractivity contribution is 0.250. The molecular weight excluding hydrogens is 342 g/mol. The fourth-order valence-electron chi connectivity index (χ4n) is 2.86. The number of rotatable bonds is 7. The van der Waals surface area contributed by atoms with Gasteiger partial charge < -0.3 is 15.2 Å². The average Bonchev–Trinajstić information content (AvgIpc) is 3.21. The number of benzene rings is 1. The van der Waals surface area contributed by atoms with Crippen LogP contribution in [0.1, 0.15) is 41.8 Å². The van der Waals surface area contributed by atoms with E-state index >= 15 is 0 Å². The summed E-state index contributed by atoms with van der Waals surface area (Å²) in [5.74, 6) is 0.647. The molecule has 0 saturated heterocycles. The number of nitrogens with zero attached hydrogens (tertiary/aromatic N) is 3. The standard InChI is InChI=1S/C20H25N5O2/c1-4-5-18-11-19(27-24-18)12-21-20(26)22-17-8-6-16(7-9-17)13-25-15(3)10-14(2)23-25/h6-11H,4-5,12-13H2,1-3H3,(H2,21,22,26). The summed E-state index contributed by atoms with van der Waals surface area (Å²) >= 11 is 0. The van der Waals surface area contributed by atoms with Crippen molar-refractivity contribution in [2.45, 2.75) is 46.7 Å². The minimum Gasteiger partial charge on any atom is -0.359 e. The molecule has 0 spiro atoms. The fraction of sp³-hybridized carbons (Fsp3) is 0.350. The van der Waals surface area contributed by atoms with Gasteiger partial charge in [-0.05, 0) is 44.0 Å². The quantitative estimate of drug-likeness (QED) is 0.665. The summed E-state index contributed by atoms with van der Waals surface area (Å²) in [6.45, 7) is 7.12. The Kier molecular flexibility index (Phi) is 5.90. The first-order valence-corrected chi connectivity index (χ1v) is 9.13. The number of aryl methyl sites for hydroxylation is 3. The lowest BCUT2D eigenvalue weighted by atomic mass is 10.2. The molecule has 0 aliphatic rings. The smallest absolute Gasteiger partial charge is 0.319 e. The number of nitrogens with one attached hydrogen (secondary N) is 2. The second kappa shape index (κ2) is 8.53. The Bertz CT molecular complexity index is 895. The van der Waals surface area contributed by atoms with E-state index in [0.29, 0.717) is 18.8 Å². The van der Waals surface area contributed by atoms with Crippen LogP contribution >= 0.6 is 0 Å². The first-order valence-electron chi connectivity index (χ1n) is 9.13. The zero-order valence-corrected chi connectivity index (χ0v) is 16.0. The highest BCUT2D eigenvalue weighted by atomic mass is 16.5. The van der Waals surface area contributed by atoms with Crippen molar-refractivity contribution in [3.63, 3.8) is 0 Å². The van der Waals surface area contributed by atoms with Crippen molar-refractivity contribution in [3.8, 4) is 0 Å². The van der Waals surface area contributed by atoms with Crippen molar-refractivity contribution < 1.29 is 9.32 Å². The molecule has 2 heterocycles. The van der Waals surface area contributed by atoms with E-state index in [4.69, 9.17) is 4.52 Å². The van der Waals surface area contributed by atoms with Crippen LogP contribution in [0.25, 0.3) is 0 Å². The molecule has 7 heteroatoms. The SMILES string of the molecule is CCCc1cc(CNC(=O)Nc2ccc(Cn3nc(C)cc3C)cc2)on1. The fourth-order valence-corrected chi connectivity index (χ4v) is 2.86. The monoisotopic (exact) mass is 367 g/mol. The van der Waals surface area contributed by atoms with Crippen LogP contribution in [-0.4, -0.2) is 21.0 Å². The van der Waals surface area contributed by atoms with Gasteiger partial charge in [0.15, 0.2) is 5.76 Å². The van der Waals surface area contributed by atoms with Gasteiger partial charge in [-0.3, -0.25) is 4.68 Å². The van der Waals surface area contributed by atoms with Crippen molar-refractivity contribution in [2.75, 3.05) is 5.32 Å². The summed E-state index contributed by atoms with van der Waals surface area (Å²) in [4.78, 5) is 12.0. The Hall–Kier alpha value is -3.09. The molecule has 27 heavy (non-hydrogen) atoms. The second-order valence-electron chi connectivity index (χ2n) is 6.62. The molecule has 3 aromatic rings. The van der Waals surface area contributed by atoms with Crippen LogP contribution in [-0.2, 0) is 19.5 Å². The molecule has 0 atom stereocenters. The predicted molar refractivity (Wildman–Crippen MR) is 104 cm³/mol. The highest BCUT2D eigenvalue weighted by Gasteiger charge is 2.07. The van der Waals surface area contributed by atoms with Crippen LogP contribution in [0.4, 0.5) is 10.5 Å². The van der Waals surface area contributed by atoms with Crippen molar-refractivity contribution in [1.82, 2.24) is 20.3 Å². The lowest BCUT2D eigenvalue weighted by Gasteiger charge is -2.08. The Morgan fingerprint density at radius 2 is 1.96 bits per heavy atom. The van der Waals surface area contributed by atoms with E-state index in [1.807, 2.05) is 48.9 Å². The molecule has 2 N–H and O–H groups in total. The van der Waals surface area contributed by atoms with Crippen molar-refractivity contribution in [2.24, 2.45) is 0 Å². The van der Waals surface area contributed by atoms with Crippen LogP contribution in [0.3, 0.4) is 0 Å². The summed E-state index contributed by atoms with van der Waals surface area (Å²) < 4.78 is 7.17. The van der Waals surface area contributed by atoms with Gasteiger partial charge >= 0.3 is 6.03 Å². The summed E-state index contributed by atoms with van der Waals surface area (Å²) in [7, 11) is 0. The Balaban J connectivity index is 1.49. The van der Waals surface area contributed by atoms with Gasteiger partial charge in [0.2, 0.25) is 0 Å². The van der Waals surface area contributed by atoms with E-state index in [2.05, 4.69) is 33.9 Å². The minimum atomic E-state index is -0.283. The molecule has 0 saturated carbocycles. The number of amides is 2. The maximum absolute atomic E-state index is 12.0. The van der Waals surface area contributed by atoms with Gasteiger partial charge in [0.1, 0.15) is 0 Å². The summed E-state index contributed by atoms with van der Waals surface area (Å²) in [5.41, 5.74) is 4.90. The van der Waals surface area contributed by atoms with Crippen LogP contribution in [0.15, 0.2) is 40.9 Å². The predicted octanol–water partition coefficient (Wildman–Crippen LogP) is 3.81. The number of hydrogen-bond acceptors (Lipinski definition) is 4. The Labute approximate surface area is 158 Å². The molecule has 0 unspecified atom stereocenters. The first-order chi connectivity index (χ1) is 13.0. The molecule has 2 amide bonds. The molecular formula is C20H25N5O2. The van der Waals surface area contributed by atoms with Gasteiger partial charge in [0.05, 0.1) is 24.5 Å². The van der Waals surface area contributed by atoms with E-state index in [-0.39, 0.29) is 6.03 Å². The molecule has 7 nitrogen and oxygen atoms in total. The summed E-state index contributed by atoms with van der Waals surface area (Å²) in [6, 6.07) is 11.4. The van der Waals surface area contributed by atoms with Crippen LogP contribution in [0.2, 0.25) is 0 Å². The second-order valence-corrected chi connectivity index (χ2v) is 6.62. The third-order valence-corrected chi connectivity index (χ3v) is 4.18. The van der Waals surface area contributed by atoms with Crippen molar-refractivity contribution >= 4 is 11.7 Å². The van der Waals surface area contributed by atoms with Crippen LogP contribution in [0, 0.1) is 13.8 Å². The van der Waals surface area contributed by atoms with Gasteiger partial charge in [0.25, 0.3) is 0 Å². The minimum absolute atomic E-state index is 0.283. The summed E-state index contributed by atoms with van der Waals surface area (Å²) in [6.07, 6.45) is 1.88. The number of carbonyl (C=O) groups excluding carboxylic acids is 1. The molecule has 0 aliphatic carbocycles. The molecule has 0 radical (unpaired) electrons. The molecule has 2 aromatic heterocycles. The zero-order chi connectivity index (χ0) is 19.2. The van der Waals surface area contributed by atoms with Crippen molar-refractivity contribution in [3.05, 3.63) is 64.8 Å². The number of aromatic nitrogens is 3. The summed E-state index contributed by atoms with van der Waals surface area (Å²) in [5, 5.41) is 14.0. The third kappa shape index (κ3) is 5.20. The maximum atomic E-state index is 12.0. The van der Waals surface area contributed by atoms with Gasteiger partial charge in [-0.25, -0.2) is 4.79 Å². The van der Waals surface area contributed by atoms with Gasteiger partial charge in [-0.15, -0.1) is 0 Å². The van der Waals surface area contributed by atoms with E-state index in [1.165, 1.54) is 0 Å². The lowest BCUT2D eigenvalue weighted by Crippen LogP contribution is -2.28. The van der Waals surface area contributed by atoms with Gasteiger partial charge in [0, 0.05) is 17.4 Å². The third-order valence-electron chi connectivity index (χ3n) is 4.18. The molecule has 0 bridgehead atoms. The molecule has 3 rings (SSSR count). The highest BCUT2D eigenvalue weighted by molar-refractivity contribution is 5.89. The number of urea groups is 1. The molecule has 1 aromatic carbocycles. The van der Waals surface area contributed by atoms with Crippen LogP contribution < -0.4 is 10.6 Å². The number of anilines is 1.